The maximum Gasteiger partial charge on any atom is 0.266 e. The number of aliphatic hydroxyl groups is 1. The van der Waals surface area contributed by atoms with Crippen molar-refractivity contribution in [3.8, 4) is 5.69 Å². The summed E-state index contributed by atoms with van der Waals surface area (Å²) < 4.78 is 1.40. The van der Waals surface area contributed by atoms with Crippen molar-refractivity contribution >= 4 is 34.0 Å². The van der Waals surface area contributed by atoms with Gasteiger partial charge in [0.2, 0.25) is 5.78 Å². The van der Waals surface area contributed by atoms with Crippen molar-refractivity contribution in [1.82, 2.24) is 14.5 Å². The van der Waals surface area contributed by atoms with Gasteiger partial charge in [-0.2, -0.15) is 0 Å². The van der Waals surface area contributed by atoms with Gasteiger partial charge in [-0.1, -0.05) is 23.7 Å². The highest BCUT2D eigenvalue weighted by molar-refractivity contribution is 6.35. The first-order valence-corrected chi connectivity index (χ1v) is 9.95. The third kappa shape index (κ3) is 2.77. The van der Waals surface area contributed by atoms with Gasteiger partial charge < -0.3 is 10.0 Å². The monoisotopic (exact) mass is 410 g/mol. The lowest BCUT2D eigenvalue weighted by molar-refractivity contribution is 0.103. The van der Waals surface area contributed by atoms with E-state index < -0.39 is 0 Å². The zero-order valence-electron chi connectivity index (χ0n) is 15.6. The normalized spacial score (nSPS) is 16.3. The molecule has 7 nitrogen and oxygen atoms in total. The molecule has 0 aliphatic carbocycles. The summed E-state index contributed by atoms with van der Waals surface area (Å²) >= 11 is 6.54. The van der Waals surface area contributed by atoms with E-state index in [0.717, 1.165) is 13.1 Å². The van der Waals surface area contributed by atoms with Crippen molar-refractivity contribution in [1.29, 1.82) is 0 Å². The summed E-state index contributed by atoms with van der Waals surface area (Å²) in [7, 11) is 0. The Labute approximate surface area is 171 Å². The largest absolute Gasteiger partial charge is 0.395 e. The summed E-state index contributed by atoms with van der Waals surface area (Å²) in [5.74, 6) is -0.149. The minimum absolute atomic E-state index is 0.122. The van der Waals surface area contributed by atoms with Crippen LogP contribution in [0, 0.1) is 0 Å². The van der Waals surface area contributed by atoms with Crippen molar-refractivity contribution in [3.05, 3.63) is 63.2 Å². The van der Waals surface area contributed by atoms with Gasteiger partial charge in [0.25, 0.3) is 5.56 Å². The highest BCUT2D eigenvalue weighted by Gasteiger charge is 2.35. The maximum absolute atomic E-state index is 13.3. The molecule has 1 aromatic heterocycles. The van der Waals surface area contributed by atoms with Gasteiger partial charge in [-0.25, -0.2) is 4.98 Å². The zero-order valence-corrected chi connectivity index (χ0v) is 16.4. The van der Waals surface area contributed by atoms with Crippen LogP contribution in [0.4, 0.5) is 5.69 Å². The number of benzene rings is 2. The van der Waals surface area contributed by atoms with E-state index in [0.29, 0.717) is 52.5 Å². The molecule has 0 unspecified atom stereocenters. The first kappa shape index (κ1) is 18.3. The van der Waals surface area contributed by atoms with Crippen molar-refractivity contribution in [2.24, 2.45) is 0 Å². The van der Waals surface area contributed by atoms with Crippen molar-refractivity contribution < 1.29 is 9.90 Å². The number of para-hydroxylation sites is 1. The molecule has 1 saturated heterocycles. The Bertz CT molecular complexity index is 1200. The molecule has 2 aromatic carbocycles. The number of carbonyl (C=O) groups is 1. The summed E-state index contributed by atoms with van der Waals surface area (Å²) in [6, 6.07) is 10.5. The second-order valence-corrected chi connectivity index (χ2v) is 7.67. The number of hydrogen-bond donors (Lipinski definition) is 1. The lowest BCUT2D eigenvalue weighted by Gasteiger charge is -2.36. The van der Waals surface area contributed by atoms with Crippen molar-refractivity contribution in [2.75, 3.05) is 44.2 Å². The van der Waals surface area contributed by atoms with E-state index in [2.05, 4.69) is 14.8 Å². The SMILES string of the molecule is O=C1c2c(ccc(Cl)c2N2CCN(CCO)CC2)-n2c1nc1ccccc1c2=O. The minimum Gasteiger partial charge on any atom is -0.395 e. The Kier molecular flexibility index (Phi) is 4.38. The molecule has 2 aliphatic heterocycles. The average Bonchev–Trinajstić information content (AvgIpc) is 3.02. The van der Waals surface area contributed by atoms with Gasteiger partial charge in [0.05, 0.1) is 39.5 Å². The van der Waals surface area contributed by atoms with Gasteiger partial charge >= 0.3 is 0 Å². The standard InChI is InChI=1S/C21H19ClN4O3/c22-14-5-6-16-17(18(14)25-9-7-24(8-10-25)11-12-27)19(28)20-23-15-4-2-1-3-13(15)21(29)26(16)20/h1-6,27H,7-12H2. The Balaban J connectivity index is 1.65. The van der Waals surface area contributed by atoms with E-state index in [1.807, 2.05) is 0 Å². The summed E-state index contributed by atoms with van der Waals surface area (Å²) in [6.07, 6.45) is 0. The van der Waals surface area contributed by atoms with Gasteiger partial charge in [-0.3, -0.25) is 19.1 Å². The number of rotatable bonds is 3. The van der Waals surface area contributed by atoms with Gasteiger partial charge in [0.15, 0.2) is 5.82 Å². The van der Waals surface area contributed by atoms with E-state index in [9.17, 15) is 9.59 Å². The van der Waals surface area contributed by atoms with Crippen molar-refractivity contribution in [3.63, 3.8) is 0 Å². The number of aromatic nitrogens is 2. The van der Waals surface area contributed by atoms with Crippen molar-refractivity contribution in [2.45, 2.75) is 0 Å². The molecule has 29 heavy (non-hydrogen) atoms. The lowest BCUT2D eigenvalue weighted by atomic mass is 10.1. The molecular formula is C21H19ClN4O3. The predicted octanol–water partition coefficient (Wildman–Crippen LogP) is 1.70. The zero-order chi connectivity index (χ0) is 20.1. The summed E-state index contributed by atoms with van der Waals surface area (Å²) in [6.45, 7) is 3.66. The molecule has 5 rings (SSSR count). The Hall–Kier alpha value is -2.74. The van der Waals surface area contributed by atoms with Gasteiger partial charge in [-0.05, 0) is 24.3 Å². The molecule has 0 bridgehead atoms. The molecule has 3 heterocycles. The molecular weight excluding hydrogens is 392 g/mol. The van der Waals surface area contributed by atoms with Crippen LogP contribution >= 0.6 is 11.6 Å². The van der Waals surface area contributed by atoms with Crippen LogP contribution in [0.2, 0.25) is 5.02 Å². The number of hydrogen-bond acceptors (Lipinski definition) is 6. The second-order valence-electron chi connectivity index (χ2n) is 7.26. The van der Waals surface area contributed by atoms with Gasteiger partial charge in [-0.15, -0.1) is 0 Å². The smallest absolute Gasteiger partial charge is 0.266 e. The maximum atomic E-state index is 13.3. The number of piperazine rings is 1. The first-order chi connectivity index (χ1) is 14.1. The number of β-amino-alcohol motifs (C(OH)–C–C–N with tert-alkyl or cyclic N) is 1. The number of halogens is 1. The lowest BCUT2D eigenvalue weighted by Crippen LogP contribution is -2.47. The van der Waals surface area contributed by atoms with Crippen LogP contribution in [-0.2, 0) is 0 Å². The molecule has 0 saturated carbocycles. The fourth-order valence-electron chi connectivity index (χ4n) is 4.23. The summed E-state index contributed by atoms with van der Waals surface area (Å²) in [4.78, 5) is 35.2. The summed E-state index contributed by atoms with van der Waals surface area (Å²) in [5, 5.41) is 10.1. The third-order valence-corrected chi connectivity index (χ3v) is 5.96. The fraction of sp³-hybridized carbons (Fsp3) is 0.286. The highest BCUT2D eigenvalue weighted by Crippen LogP contribution is 2.39. The van der Waals surface area contributed by atoms with Crippen LogP contribution in [0.1, 0.15) is 16.2 Å². The number of nitrogens with zero attached hydrogens (tertiary/aromatic N) is 4. The first-order valence-electron chi connectivity index (χ1n) is 9.57. The molecule has 1 N–H and O–H groups in total. The molecule has 2 aliphatic rings. The molecule has 0 spiro atoms. The molecule has 8 heteroatoms. The fourth-order valence-corrected chi connectivity index (χ4v) is 4.51. The van der Waals surface area contributed by atoms with E-state index in [1.165, 1.54) is 4.57 Å². The third-order valence-electron chi connectivity index (χ3n) is 5.66. The number of fused-ring (bicyclic) bond motifs is 4. The van der Waals surface area contributed by atoms with Gasteiger partial charge in [0.1, 0.15) is 0 Å². The van der Waals surface area contributed by atoms with Crippen LogP contribution in [0.5, 0.6) is 0 Å². The number of anilines is 1. The predicted molar refractivity (Wildman–Crippen MR) is 112 cm³/mol. The molecule has 148 valence electrons. The van der Waals surface area contributed by atoms with E-state index in [1.54, 1.807) is 36.4 Å². The molecule has 0 radical (unpaired) electrons. The second kappa shape index (κ2) is 6.95. The van der Waals surface area contributed by atoms with Crippen LogP contribution in [0.3, 0.4) is 0 Å². The van der Waals surface area contributed by atoms with Crippen LogP contribution in [0.25, 0.3) is 16.6 Å². The van der Waals surface area contributed by atoms with E-state index >= 15 is 0 Å². The molecule has 3 aromatic rings. The quantitative estimate of drug-likeness (QED) is 0.554. The van der Waals surface area contributed by atoms with Crippen LogP contribution < -0.4 is 10.5 Å². The molecule has 1 fully saturated rings. The van der Waals surface area contributed by atoms with Gasteiger partial charge in [0, 0.05) is 32.7 Å². The average molecular weight is 411 g/mol. The van der Waals surface area contributed by atoms with Crippen LogP contribution in [-0.4, -0.2) is 64.7 Å². The van der Waals surface area contributed by atoms with E-state index in [-0.39, 0.29) is 23.8 Å². The Morgan fingerprint density at radius 3 is 2.55 bits per heavy atom. The minimum atomic E-state index is -0.279. The number of ketones is 1. The molecule has 0 atom stereocenters. The summed E-state index contributed by atoms with van der Waals surface area (Å²) in [5.41, 5.74) is 1.89. The number of aliphatic hydroxyl groups excluding tert-OH is 1. The topological polar surface area (TPSA) is 78.7 Å². The Morgan fingerprint density at radius 2 is 1.79 bits per heavy atom. The van der Waals surface area contributed by atoms with Crippen LogP contribution in [0.15, 0.2) is 41.2 Å². The highest BCUT2D eigenvalue weighted by atomic mass is 35.5. The van der Waals surface area contributed by atoms with E-state index in [4.69, 9.17) is 16.7 Å². The molecule has 0 amide bonds. The Morgan fingerprint density at radius 1 is 1.03 bits per heavy atom. The number of carbonyl (C=O) groups excluding carboxylic acids is 1.